The average molecular weight is 380 g/mol. The number of hydrogen-bond acceptors (Lipinski definition) is 6. The number of pyridine rings is 1. The Kier molecular flexibility index (Phi) is 4.09. The fourth-order valence-electron chi connectivity index (χ4n) is 3.99. The number of nitrogens with zero attached hydrogens (tertiary/aromatic N) is 2. The minimum absolute atomic E-state index is 0.155. The van der Waals surface area contributed by atoms with E-state index in [1.54, 1.807) is 18.3 Å². The number of nitrogens with one attached hydrogen (secondary N) is 1. The molecule has 1 amide bonds. The van der Waals surface area contributed by atoms with Crippen LogP contribution in [0.3, 0.4) is 0 Å². The molecule has 0 saturated carbocycles. The highest BCUT2D eigenvalue weighted by molar-refractivity contribution is 7.92. The molecule has 0 aliphatic carbocycles. The Morgan fingerprint density at radius 1 is 1.32 bits per heavy atom. The quantitative estimate of drug-likeness (QED) is 0.881. The molecule has 2 aromatic rings. The van der Waals surface area contributed by atoms with Gasteiger partial charge in [0, 0.05) is 34.6 Å². The molecule has 3 aliphatic rings. The third-order valence-corrected chi connectivity index (χ3v) is 8.35. The van der Waals surface area contributed by atoms with Gasteiger partial charge in [-0.05, 0) is 50.9 Å². The maximum absolute atomic E-state index is 12.7. The van der Waals surface area contributed by atoms with Crippen LogP contribution in [0.15, 0.2) is 22.5 Å². The molecule has 6 nitrogen and oxygen atoms in total. The van der Waals surface area contributed by atoms with Crippen molar-refractivity contribution >= 4 is 37.2 Å². The van der Waals surface area contributed by atoms with E-state index in [0.717, 1.165) is 36.0 Å². The Hall–Kier alpha value is -1.51. The van der Waals surface area contributed by atoms with Crippen molar-refractivity contribution in [3.63, 3.8) is 0 Å². The molecule has 0 unspecified atom stereocenters. The first kappa shape index (κ1) is 16.9. The summed E-state index contributed by atoms with van der Waals surface area (Å²) in [5.41, 5.74) is 0.345. The lowest BCUT2D eigenvalue weighted by molar-refractivity contribution is 0.0216. The van der Waals surface area contributed by atoms with E-state index in [0.29, 0.717) is 21.9 Å². The Morgan fingerprint density at radius 3 is 2.68 bits per heavy atom. The number of amides is 1. The molecule has 3 fully saturated rings. The predicted molar refractivity (Wildman–Crippen MR) is 97.7 cm³/mol. The first-order valence-electron chi connectivity index (χ1n) is 8.47. The number of carbonyl (C=O) groups is 1. The van der Waals surface area contributed by atoms with Crippen molar-refractivity contribution in [2.24, 2.45) is 5.92 Å². The van der Waals surface area contributed by atoms with Crippen molar-refractivity contribution in [3.8, 4) is 0 Å². The molecular weight excluding hydrogens is 358 g/mol. The molecular formula is C17H21N3O3S2. The lowest BCUT2D eigenvalue weighted by Crippen LogP contribution is -2.62. The van der Waals surface area contributed by atoms with Crippen LogP contribution in [-0.2, 0) is 9.84 Å². The third kappa shape index (κ3) is 3.07. The van der Waals surface area contributed by atoms with Gasteiger partial charge in [0.2, 0.25) is 0 Å². The van der Waals surface area contributed by atoms with Gasteiger partial charge in [0.25, 0.3) is 5.91 Å². The topological polar surface area (TPSA) is 79.4 Å². The summed E-state index contributed by atoms with van der Waals surface area (Å²) in [7, 11) is -3.25. The minimum Gasteiger partial charge on any atom is -0.346 e. The smallest absolute Gasteiger partial charge is 0.270 e. The molecule has 0 aromatic carbocycles. The van der Waals surface area contributed by atoms with Gasteiger partial charge in [-0.2, -0.15) is 0 Å². The van der Waals surface area contributed by atoms with Gasteiger partial charge in [-0.25, -0.2) is 8.42 Å². The Labute approximate surface area is 151 Å². The van der Waals surface area contributed by atoms with Crippen molar-refractivity contribution in [2.45, 2.75) is 36.1 Å². The van der Waals surface area contributed by atoms with Crippen molar-refractivity contribution in [2.75, 3.05) is 19.3 Å². The van der Waals surface area contributed by atoms with E-state index in [2.05, 4.69) is 22.1 Å². The second kappa shape index (κ2) is 6.03. The van der Waals surface area contributed by atoms with Crippen LogP contribution in [0.25, 0.3) is 10.1 Å². The maximum Gasteiger partial charge on any atom is 0.270 e. The van der Waals surface area contributed by atoms with Crippen LogP contribution >= 0.6 is 11.3 Å². The fourth-order valence-corrected chi connectivity index (χ4v) is 6.01. The van der Waals surface area contributed by atoms with Gasteiger partial charge in [-0.1, -0.05) is 0 Å². The number of fused-ring (bicyclic) bond motifs is 4. The van der Waals surface area contributed by atoms with Crippen LogP contribution in [-0.4, -0.2) is 55.6 Å². The number of piperidine rings is 3. The van der Waals surface area contributed by atoms with Crippen LogP contribution in [0, 0.1) is 5.92 Å². The summed E-state index contributed by atoms with van der Waals surface area (Å²) in [6, 6.07) is 3.80. The summed E-state index contributed by atoms with van der Waals surface area (Å²) in [4.78, 5) is 19.3. The van der Waals surface area contributed by atoms with Crippen LogP contribution in [0.2, 0.25) is 0 Å². The van der Waals surface area contributed by atoms with Crippen molar-refractivity contribution in [1.82, 2.24) is 15.2 Å². The number of sulfone groups is 1. The molecule has 3 saturated heterocycles. The number of aromatic nitrogens is 1. The average Bonchev–Trinajstić information content (AvgIpc) is 3.02. The molecule has 0 spiro atoms. The fraction of sp³-hybridized carbons (Fsp3) is 0.529. The zero-order chi connectivity index (χ0) is 17.8. The second-order valence-electron chi connectivity index (χ2n) is 7.06. The van der Waals surface area contributed by atoms with E-state index >= 15 is 0 Å². The van der Waals surface area contributed by atoms with Gasteiger partial charge < -0.3 is 5.32 Å². The molecule has 2 atom stereocenters. The zero-order valence-electron chi connectivity index (χ0n) is 14.2. The molecule has 2 bridgehead atoms. The number of thiophene rings is 1. The highest BCUT2D eigenvalue weighted by Gasteiger charge is 2.40. The monoisotopic (exact) mass is 379 g/mol. The molecule has 1 N–H and O–H groups in total. The highest BCUT2D eigenvalue weighted by Crippen LogP contribution is 2.32. The van der Waals surface area contributed by atoms with Crippen molar-refractivity contribution in [3.05, 3.63) is 24.0 Å². The van der Waals surface area contributed by atoms with E-state index in [1.165, 1.54) is 17.6 Å². The summed E-state index contributed by atoms with van der Waals surface area (Å²) in [5, 5.41) is 3.91. The van der Waals surface area contributed by atoms with E-state index < -0.39 is 9.84 Å². The van der Waals surface area contributed by atoms with E-state index in [4.69, 9.17) is 0 Å². The normalized spacial score (nSPS) is 29.0. The molecule has 134 valence electrons. The Balaban J connectivity index is 1.58. The summed E-state index contributed by atoms with van der Waals surface area (Å²) >= 11 is 1.18. The van der Waals surface area contributed by atoms with Crippen LogP contribution < -0.4 is 5.32 Å². The predicted octanol–water partition coefficient (Wildman–Crippen LogP) is 1.91. The van der Waals surface area contributed by atoms with Crippen LogP contribution in [0.4, 0.5) is 0 Å². The molecule has 5 heterocycles. The van der Waals surface area contributed by atoms with Crippen molar-refractivity contribution in [1.29, 1.82) is 0 Å². The largest absolute Gasteiger partial charge is 0.346 e. The van der Waals surface area contributed by atoms with Gasteiger partial charge in [-0.15, -0.1) is 11.3 Å². The summed E-state index contributed by atoms with van der Waals surface area (Å²) in [5.74, 6) is 0.355. The number of rotatable bonds is 3. The molecule has 3 aliphatic heterocycles. The molecule has 0 radical (unpaired) electrons. The van der Waals surface area contributed by atoms with E-state index in [1.807, 2.05) is 0 Å². The van der Waals surface area contributed by atoms with Gasteiger partial charge in [0.1, 0.15) is 9.90 Å². The Bertz CT molecular complexity index is 928. The standard InChI is InChI=1S/C17H21N3O3S2/c1-10-16(11-3-5-20(10)6-4-11)19-17(21)13-8-14-12(9-18-13)7-15(24-14)25(2,22)23/h7-11,16H,3-6H2,1-2H3,(H,19,21)/t10-,16-/m0/s1. The van der Waals surface area contributed by atoms with E-state index in [-0.39, 0.29) is 11.9 Å². The lowest BCUT2D eigenvalue weighted by atomic mass is 9.79. The van der Waals surface area contributed by atoms with Gasteiger partial charge in [0.15, 0.2) is 9.84 Å². The zero-order valence-corrected chi connectivity index (χ0v) is 15.9. The first-order valence-corrected chi connectivity index (χ1v) is 11.2. The second-order valence-corrected chi connectivity index (χ2v) is 10.4. The minimum atomic E-state index is -3.25. The molecule has 8 heteroatoms. The SMILES string of the molecule is C[C@H]1[C@H](NC(=O)c2cc3sc(S(C)(=O)=O)cc3cn2)C2CCN1CC2. The maximum atomic E-state index is 12.7. The third-order valence-electron chi connectivity index (χ3n) is 5.45. The van der Waals surface area contributed by atoms with Gasteiger partial charge in [0.05, 0.1) is 0 Å². The van der Waals surface area contributed by atoms with Gasteiger partial charge in [-0.3, -0.25) is 14.7 Å². The first-order chi connectivity index (χ1) is 11.8. The van der Waals surface area contributed by atoms with Crippen LogP contribution in [0.1, 0.15) is 30.3 Å². The highest BCUT2D eigenvalue weighted by atomic mass is 32.2. The summed E-state index contributed by atoms with van der Waals surface area (Å²) in [6.07, 6.45) is 5.03. The summed E-state index contributed by atoms with van der Waals surface area (Å²) < 4.78 is 24.5. The Morgan fingerprint density at radius 2 is 2.04 bits per heavy atom. The number of hydrogen-bond donors (Lipinski definition) is 1. The molecule has 2 aromatic heterocycles. The summed E-state index contributed by atoms with van der Waals surface area (Å²) in [6.45, 7) is 4.41. The lowest BCUT2D eigenvalue weighted by Gasteiger charge is -2.49. The molecule has 25 heavy (non-hydrogen) atoms. The van der Waals surface area contributed by atoms with E-state index in [9.17, 15) is 13.2 Å². The number of carbonyl (C=O) groups excluding carboxylic acids is 1. The van der Waals surface area contributed by atoms with Gasteiger partial charge >= 0.3 is 0 Å². The van der Waals surface area contributed by atoms with Crippen molar-refractivity contribution < 1.29 is 13.2 Å². The van der Waals surface area contributed by atoms with Crippen LogP contribution in [0.5, 0.6) is 0 Å². The molecule has 5 rings (SSSR count).